The molecule has 0 aliphatic carbocycles. The lowest BCUT2D eigenvalue weighted by Gasteiger charge is -2.10. The van der Waals surface area contributed by atoms with Crippen LogP contribution in [-0.4, -0.2) is 18.3 Å². The van der Waals surface area contributed by atoms with E-state index >= 15 is 0 Å². The molecule has 3 nitrogen and oxygen atoms in total. The molecule has 0 fully saturated rings. The smallest absolute Gasteiger partial charge is 0.288 e. The maximum Gasteiger partial charge on any atom is 0.288 e. The summed E-state index contributed by atoms with van der Waals surface area (Å²) in [4.78, 5) is 4.50. The van der Waals surface area contributed by atoms with Crippen molar-refractivity contribution in [3.8, 4) is 0 Å². The highest BCUT2D eigenvalue weighted by Gasteiger charge is 2.09. The summed E-state index contributed by atoms with van der Waals surface area (Å²) in [7, 11) is 0. The first kappa shape index (κ1) is 13.8. The van der Waals surface area contributed by atoms with Crippen molar-refractivity contribution >= 4 is 23.4 Å². The van der Waals surface area contributed by atoms with E-state index in [2.05, 4.69) is 10.3 Å². The minimum atomic E-state index is -2.45. The number of aliphatic imine (C=N–C) groups is 1. The normalized spacial score (nSPS) is 11.9. The minimum Gasteiger partial charge on any atom is -0.370 e. The van der Waals surface area contributed by atoms with Gasteiger partial charge in [0, 0.05) is 11.4 Å². The molecule has 0 radical (unpaired) electrons. The topological polar surface area (TPSA) is 50.4 Å². The average Bonchev–Trinajstić information content (AvgIpc) is 2.28. The predicted octanol–water partition coefficient (Wildman–Crippen LogP) is 3.14. The number of nitrogens with two attached hydrogens (primary N) is 1. The summed E-state index contributed by atoms with van der Waals surface area (Å²) >= 11 is 0.484. The van der Waals surface area contributed by atoms with Gasteiger partial charge in [-0.05, 0) is 18.6 Å². The van der Waals surface area contributed by atoms with Gasteiger partial charge >= 0.3 is 0 Å². The number of nitrogens with zero attached hydrogens (tertiary/aromatic N) is 1. The predicted molar refractivity (Wildman–Crippen MR) is 68.7 cm³/mol. The average molecular weight is 259 g/mol. The molecule has 0 bridgehead atoms. The Labute approximate surface area is 103 Å². The van der Waals surface area contributed by atoms with Crippen LogP contribution in [0.1, 0.15) is 13.3 Å². The molecule has 0 saturated heterocycles. The Hall–Kier alpha value is -1.30. The van der Waals surface area contributed by atoms with E-state index < -0.39 is 5.76 Å². The van der Waals surface area contributed by atoms with Crippen molar-refractivity contribution in [2.45, 2.75) is 24.0 Å². The lowest BCUT2D eigenvalue weighted by molar-refractivity contribution is 0.252. The summed E-state index contributed by atoms with van der Waals surface area (Å²) in [5.41, 5.74) is 6.18. The molecule has 94 valence electrons. The fourth-order valence-electron chi connectivity index (χ4n) is 1.18. The summed E-state index contributed by atoms with van der Waals surface area (Å²) in [6.07, 6.45) is 0.885. The van der Waals surface area contributed by atoms with Gasteiger partial charge in [0.2, 0.25) is 0 Å². The zero-order chi connectivity index (χ0) is 12.7. The molecule has 1 aromatic carbocycles. The molecular formula is C11H15F2N3S. The second-order valence-electron chi connectivity index (χ2n) is 3.27. The lowest BCUT2D eigenvalue weighted by atomic mass is 10.3. The van der Waals surface area contributed by atoms with Crippen LogP contribution in [-0.2, 0) is 0 Å². The summed E-state index contributed by atoms with van der Waals surface area (Å²) in [6, 6.07) is 6.77. The molecule has 6 heteroatoms. The second-order valence-corrected chi connectivity index (χ2v) is 4.30. The van der Waals surface area contributed by atoms with Crippen LogP contribution in [0.15, 0.2) is 34.2 Å². The molecule has 0 aliphatic rings. The largest absolute Gasteiger partial charge is 0.370 e. The summed E-state index contributed by atoms with van der Waals surface area (Å²) < 4.78 is 24.6. The molecule has 3 N–H and O–H groups in total. The lowest BCUT2D eigenvalue weighted by Crippen LogP contribution is -2.23. The number of para-hydroxylation sites is 1. The zero-order valence-electron chi connectivity index (χ0n) is 9.49. The van der Waals surface area contributed by atoms with Gasteiger partial charge in [-0.25, -0.2) is 0 Å². The molecule has 0 aliphatic heterocycles. The first-order valence-corrected chi connectivity index (χ1v) is 6.12. The Morgan fingerprint density at radius 1 is 1.47 bits per heavy atom. The fourth-order valence-corrected chi connectivity index (χ4v) is 1.77. The van der Waals surface area contributed by atoms with E-state index in [9.17, 15) is 8.78 Å². The van der Waals surface area contributed by atoms with Gasteiger partial charge in [-0.15, -0.1) is 0 Å². The monoisotopic (exact) mass is 259 g/mol. The van der Waals surface area contributed by atoms with Gasteiger partial charge in [-0.2, -0.15) is 8.78 Å². The molecule has 0 aromatic heterocycles. The Morgan fingerprint density at radius 3 is 2.82 bits per heavy atom. The highest BCUT2D eigenvalue weighted by atomic mass is 32.2. The van der Waals surface area contributed by atoms with Crippen molar-refractivity contribution in [3.63, 3.8) is 0 Å². The van der Waals surface area contributed by atoms with Crippen LogP contribution in [0.2, 0.25) is 0 Å². The number of nitrogens with one attached hydrogen (secondary N) is 1. The highest BCUT2D eigenvalue weighted by Crippen LogP contribution is 2.31. The van der Waals surface area contributed by atoms with Crippen molar-refractivity contribution in [2.75, 3.05) is 11.9 Å². The second kappa shape index (κ2) is 7.11. The van der Waals surface area contributed by atoms with Crippen LogP contribution in [0.3, 0.4) is 0 Å². The van der Waals surface area contributed by atoms with Gasteiger partial charge in [-0.3, -0.25) is 4.99 Å². The summed E-state index contributed by atoms with van der Waals surface area (Å²) in [5.74, 6) is -2.21. The van der Waals surface area contributed by atoms with E-state index in [1.54, 1.807) is 24.3 Å². The minimum absolute atomic E-state index is 0.245. The van der Waals surface area contributed by atoms with E-state index in [0.29, 0.717) is 28.9 Å². The van der Waals surface area contributed by atoms with Gasteiger partial charge in [-0.1, -0.05) is 30.8 Å². The number of rotatable bonds is 5. The van der Waals surface area contributed by atoms with Crippen molar-refractivity contribution in [3.05, 3.63) is 24.3 Å². The highest BCUT2D eigenvalue weighted by molar-refractivity contribution is 7.99. The van der Waals surface area contributed by atoms with E-state index in [1.165, 1.54) is 0 Å². The molecule has 0 unspecified atom stereocenters. The number of thioether (sulfide) groups is 1. The molecule has 17 heavy (non-hydrogen) atoms. The van der Waals surface area contributed by atoms with Crippen molar-refractivity contribution < 1.29 is 8.78 Å². The van der Waals surface area contributed by atoms with Crippen molar-refractivity contribution in [2.24, 2.45) is 10.7 Å². The van der Waals surface area contributed by atoms with E-state index in [4.69, 9.17) is 5.73 Å². The first-order chi connectivity index (χ1) is 8.13. The maximum atomic E-state index is 12.3. The number of anilines is 1. The Balaban J connectivity index is 2.76. The van der Waals surface area contributed by atoms with Crippen LogP contribution in [0.25, 0.3) is 0 Å². The Kier molecular flexibility index (Phi) is 5.76. The van der Waals surface area contributed by atoms with Crippen molar-refractivity contribution in [1.82, 2.24) is 0 Å². The molecule has 0 amide bonds. The number of hydrogen-bond donors (Lipinski definition) is 2. The summed E-state index contributed by atoms with van der Waals surface area (Å²) in [5, 5.41) is 2.82. The molecule has 0 atom stereocenters. The number of benzene rings is 1. The first-order valence-electron chi connectivity index (χ1n) is 5.24. The number of alkyl halides is 2. The summed E-state index contributed by atoms with van der Waals surface area (Å²) in [6.45, 7) is 2.60. The van der Waals surface area contributed by atoms with Gasteiger partial charge < -0.3 is 11.1 Å². The Bertz CT molecular complexity index is 383. The molecule has 0 spiro atoms. The van der Waals surface area contributed by atoms with Crippen LogP contribution in [0, 0.1) is 0 Å². The van der Waals surface area contributed by atoms with E-state index in [0.717, 1.165) is 6.42 Å². The maximum absolute atomic E-state index is 12.3. The third kappa shape index (κ3) is 5.04. The van der Waals surface area contributed by atoms with Gasteiger partial charge in [0.05, 0.1) is 5.69 Å². The number of halogens is 2. The molecular weight excluding hydrogens is 244 g/mol. The van der Waals surface area contributed by atoms with Crippen LogP contribution in [0.5, 0.6) is 0 Å². The van der Waals surface area contributed by atoms with E-state index in [1.807, 2.05) is 6.92 Å². The molecule has 0 heterocycles. The molecule has 1 rings (SSSR count). The molecule has 1 aromatic rings. The number of hydrogen-bond acceptors (Lipinski definition) is 2. The van der Waals surface area contributed by atoms with Gasteiger partial charge in [0.1, 0.15) is 0 Å². The zero-order valence-corrected chi connectivity index (χ0v) is 10.3. The van der Waals surface area contributed by atoms with Crippen molar-refractivity contribution in [1.29, 1.82) is 0 Å². The fraction of sp³-hybridized carbons (Fsp3) is 0.364. The van der Waals surface area contributed by atoms with Crippen LogP contribution in [0.4, 0.5) is 14.5 Å². The van der Waals surface area contributed by atoms with E-state index in [-0.39, 0.29) is 5.96 Å². The number of guanidine groups is 1. The Morgan fingerprint density at radius 2 is 2.18 bits per heavy atom. The van der Waals surface area contributed by atoms with Crippen LogP contribution < -0.4 is 11.1 Å². The molecule has 0 saturated carbocycles. The SMILES string of the molecule is CCCN=C(N)Nc1ccccc1SC(F)F. The third-order valence-corrected chi connectivity index (χ3v) is 2.66. The quantitative estimate of drug-likeness (QED) is 0.485. The third-order valence-electron chi connectivity index (χ3n) is 1.87. The standard InChI is InChI=1S/C11H15F2N3S/c1-2-7-15-11(14)16-8-5-3-4-6-9(8)17-10(12)13/h3-6,10H,2,7H2,1H3,(H3,14,15,16). The van der Waals surface area contributed by atoms with Gasteiger partial charge in [0.15, 0.2) is 5.96 Å². The van der Waals surface area contributed by atoms with Gasteiger partial charge in [0.25, 0.3) is 5.76 Å². The van der Waals surface area contributed by atoms with Crippen LogP contribution >= 0.6 is 11.8 Å².